The molecular formula is C18H12ClF. The van der Waals surface area contributed by atoms with Crippen molar-refractivity contribution in [3.63, 3.8) is 0 Å². The number of hydrogen-bond donors (Lipinski definition) is 0. The van der Waals surface area contributed by atoms with Gasteiger partial charge in [-0.15, -0.1) is 0 Å². The minimum absolute atomic E-state index is 0.219. The Morgan fingerprint density at radius 1 is 0.650 bits per heavy atom. The maximum atomic E-state index is 14.3. The molecule has 0 nitrogen and oxygen atoms in total. The highest BCUT2D eigenvalue weighted by Gasteiger charge is 2.07. The molecule has 3 aromatic rings. The molecule has 0 radical (unpaired) electrons. The van der Waals surface area contributed by atoms with Crippen molar-refractivity contribution in [3.05, 3.63) is 83.6 Å². The summed E-state index contributed by atoms with van der Waals surface area (Å²) in [5.74, 6) is -0.219. The monoisotopic (exact) mass is 282 g/mol. The lowest BCUT2D eigenvalue weighted by Gasteiger charge is -2.07. The van der Waals surface area contributed by atoms with Gasteiger partial charge in [0.05, 0.1) is 0 Å². The van der Waals surface area contributed by atoms with Crippen LogP contribution in [-0.4, -0.2) is 0 Å². The predicted molar refractivity (Wildman–Crippen MR) is 82.3 cm³/mol. The van der Waals surface area contributed by atoms with Crippen LogP contribution < -0.4 is 0 Å². The summed E-state index contributed by atoms with van der Waals surface area (Å²) in [6, 6.07) is 22.2. The van der Waals surface area contributed by atoms with Crippen LogP contribution in [0.25, 0.3) is 22.3 Å². The van der Waals surface area contributed by atoms with E-state index in [4.69, 9.17) is 11.6 Å². The van der Waals surface area contributed by atoms with Crippen molar-refractivity contribution in [1.29, 1.82) is 0 Å². The fourth-order valence-electron chi connectivity index (χ4n) is 2.19. The van der Waals surface area contributed by atoms with Gasteiger partial charge in [-0.1, -0.05) is 66.2 Å². The van der Waals surface area contributed by atoms with E-state index in [1.807, 2.05) is 54.6 Å². The van der Waals surface area contributed by atoms with Gasteiger partial charge in [0.15, 0.2) is 0 Å². The first-order valence-electron chi connectivity index (χ1n) is 6.35. The molecule has 0 aliphatic carbocycles. The Balaban J connectivity index is 2.01. The molecule has 0 fully saturated rings. The number of halogens is 2. The summed E-state index contributed by atoms with van der Waals surface area (Å²) >= 11 is 5.86. The van der Waals surface area contributed by atoms with Crippen LogP contribution in [0.15, 0.2) is 72.8 Å². The minimum atomic E-state index is -0.219. The highest BCUT2D eigenvalue weighted by Crippen LogP contribution is 2.28. The molecule has 0 bridgehead atoms. The molecule has 0 aliphatic heterocycles. The number of benzene rings is 3. The quantitative estimate of drug-likeness (QED) is 0.556. The van der Waals surface area contributed by atoms with Gasteiger partial charge >= 0.3 is 0 Å². The second-order valence-electron chi connectivity index (χ2n) is 4.57. The molecule has 0 amide bonds. The van der Waals surface area contributed by atoms with E-state index in [0.29, 0.717) is 10.6 Å². The first-order valence-corrected chi connectivity index (χ1v) is 6.73. The van der Waals surface area contributed by atoms with Crippen molar-refractivity contribution in [2.75, 3.05) is 0 Å². The highest BCUT2D eigenvalue weighted by atomic mass is 35.5. The van der Waals surface area contributed by atoms with Crippen LogP contribution in [-0.2, 0) is 0 Å². The Kier molecular flexibility index (Phi) is 3.53. The van der Waals surface area contributed by atoms with Crippen LogP contribution in [0.5, 0.6) is 0 Å². The van der Waals surface area contributed by atoms with E-state index in [1.54, 1.807) is 18.2 Å². The molecule has 0 heterocycles. The van der Waals surface area contributed by atoms with Gasteiger partial charge in [-0.25, -0.2) is 4.39 Å². The molecule has 2 heteroatoms. The zero-order valence-electron chi connectivity index (χ0n) is 10.7. The van der Waals surface area contributed by atoms with Crippen molar-refractivity contribution >= 4 is 11.6 Å². The Morgan fingerprint density at radius 3 is 1.95 bits per heavy atom. The van der Waals surface area contributed by atoms with E-state index < -0.39 is 0 Å². The smallest absolute Gasteiger partial charge is 0.131 e. The largest absolute Gasteiger partial charge is 0.206 e. The van der Waals surface area contributed by atoms with Gasteiger partial charge in [0.25, 0.3) is 0 Å². The van der Waals surface area contributed by atoms with E-state index in [2.05, 4.69) is 0 Å². The van der Waals surface area contributed by atoms with Gasteiger partial charge in [0.1, 0.15) is 5.82 Å². The van der Waals surface area contributed by atoms with Crippen LogP contribution >= 0.6 is 11.6 Å². The summed E-state index contributed by atoms with van der Waals surface area (Å²) in [5.41, 5.74) is 3.29. The van der Waals surface area contributed by atoms with Crippen molar-refractivity contribution < 1.29 is 4.39 Å². The zero-order chi connectivity index (χ0) is 13.9. The van der Waals surface area contributed by atoms with E-state index in [9.17, 15) is 4.39 Å². The van der Waals surface area contributed by atoms with E-state index >= 15 is 0 Å². The number of hydrogen-bond acceptors (Lipinski definition) is 0. The van der Waals surface area contributed by atoms with Crippen LogP contribution in [0.3, 0.4) is 0 Å². The van der Waals surface area contributed by atoms with Crippen molar-refractivity contribution in [2.45, 2.75) is 0 Å². The third-order valence-corrected chi connectivity index (χ3v) is 3.48. The fraction of sp³-hybridized carbons (Fsp3) is 0. The standard InChI is InChI=1S/C18H12ClF/c19-16-9-6-13(7-10-16)15-8-11-17(18(20)12-15)14-4-2-1-3-5-14/h1-12H. The molecule has 98 valence electrons. The average molecular weight is 283 g/mol. The van der Waals surface area contributed by atoms with Gasteiger partial charge in [-0.3, -0.25) is 0 Å². The van der Waals surface area contributed by atoms with Crippen molar-refractivity contribution in [2.24, 2.45) is 0 Å². The second kappa shape index (κ2) is 5.48. The van der Waals surface area contributed by atoms with Crippen LogP contribution in [0.1, 0.15) is 0 Å². The summed E-state index contributed by atoms with van der Waals surface area (Å²) in [4.78, 5) is 0. The molecule has 0 atom stereocenters. The van der Waals surface area contributed by atoms with Gasteiger partial charge in [-0.2, -0.15) is 0 Å². The maximum Gasteiger partial charge on any atom is 0.131 e. The molecule has 0 spiro atoms. The van der Waals surface area contributed by atoms with Crippen LogP contribution in [0.4, 0.5) is 4.39 Å². The molecule has 3 rings (SSSR count). The topological polar surface area (TPSA) is 0 Å². The lowest BCUT2D eigenvalue weighted by Crippen LogP contribution is -1.86. The molecule has 20 heavy (non-hydrogen) atoms. The normalized spacial score (nSPS) is 10.5. The molecule has 0 saturated heterocycles. The fourth-order valence-corrected chi connectivity index (χ4v) is 2.31. The molecule has 0 saturated carbocycles. The summed E-state index contributed by atoms with van der Waals surface area (Å²) in [6.45, 7) is 0. The van der Waals surface area contributed by atoms with Gasteiger partial charge in [0, 0.05) is 10.6 Å². The van der Waals surface area contributed by atoms with E-state index in [0.717, 1.165) is 16.7 Å². The average Bonchev–Trinajstić information content (AvgIpc) is 2.49. The minimum Gasteiger partial charge on any atom is -0.206 e. The molecule has 3 aromatic carbocycles. The second-order valence-corrected chi connectivity index (χ2v) is 5.00. The SMILES string of the molecule is Fc1cc(-c2ccc(Cl)cc2)ccc1-c1ccccc1. The summed E-state index contributed by atoms with van der Waals surface area (Å²) in [7, 11) is 0. The van der Waals surface area contributed by atoms with Crippen LogP contribution in [0, 0.1) is 5.82 Å². The molecule has 0 unspecified atom stereocenters. The highest BCUT2D eigenvalue weighted by molar-refractivity contribution is 6.30. The van der Waals surface area contributed by atoms with Gasteiger partial charge < -0.3 is 0 Å². The first-order chi connectivity index (χ1) is 9.74. The lowest BCUT2D eigenvalue weighted by molar-refractivity contribution is 0.632. The molecular weight excluding hydrogens is 271 g/mol. The Labute approximate surface area is 122 Å². The third kappa shape index (κ3) is 2.59. The summed E-state index contributed by atoms with van der Waals surface area (Å²) in [6.07, 6.45) is 0. The Hall–Kier alpha value is -2.12. The van der Waals surface area contributed by atoms with Crippen molar-refractivity contribution in [3.8, 4) is 22.3 Å². The van der Waals surface area contributed by atoms with E-state index in [1.165, 1.54) is 0 Å². The Bertz CT molecular complexity index is 718. The van der Waals surface area contributed by atoms with Gasteiger partial charge in [-0.05, 0) is 34.9 Å². The zero-order valence-corrected chi connectivity index (χ0v) is 11.4. The molecule has 0 aromatic heterocycles. The maximum absolute atomic E-state index is 14.3. The first kappa shape index (κ1) is 12.9. The van der Waals surface area contributed by atoms with Crippen molar-refractivity contribution in [1.82, 2.24) is 0 Å². The van der Waals surface area contributed by atoms with E-state index in [-0.39, 0.29) is 5.82 Å². The molecule has 0 aliphatic rings. The predicted octanol–water partition coefficient (Wildman–Crippen LogP) is 5.81. The third-order valence-electron chi connectivity index (χ3n) is 3.23. The molecule has 0 N–H and O–H groups in total. The lowest BCUT2D eigenvalue weighted by atomic mass is 10.00. The van der Waals surface area contributed by atoms with Gasteiger partial charge in [0.2, 0.25) is 0 Å². The van der Waals surface area contributed by atoms with Crippen LogP contribution in [0.2, 0.25) is 5.02 Å². The Morgan fingerprint density at radius 2 is 1.30 bits per heavy atom. The summed E-state index contributed by atoms with van der Waals surface area (Å²) < 4.78 is 14.3. The summed E-state index contributed by atoms with van der Waals surface area (Å²) in [5, 5.41) is 0.676. The number of rotatable bonds is 2.